The summed E-state index contributed by atoms with van der Waals surface area (Å²) in [6.45, 7) is 2.22. The van der Waals surface area contributed by atoms with Gasteiger partial charge in [0.2, 0.25) is 0 Å². The maximum atomic E-state index is 10.3. The van der Waals surface area contributed by atoms with Gasteiger partial charge in [-0.05, 0) is 44.9 Å². The molecule has 22 heavy (non-hydrogen) atoms. The summed E-state index contributed by atoms with van der Waals surface area (Å²) in [5.74, 6) is -0.698. The van der Waals surface area contributed by atoms with Crippen molar-refractivity contribution in [1.29, 1.82) is 0 Å². The molecule has 2 nitrogen and oxygen atoms in total. The fraction of sp³-hybridized carbons (Fsp3) is 0.550. The van der Waals surface area contributed by atoms with Gasteiger partial charge in [-0.25, -0.2) is 0 Å². The molecule has 0 rings (SSSR count). The van der Waals surface area contributed by atoms with E-state index in [1.165, 1.54) is 19.3 Å². The number of unbranched alkanes of at least 4 members (excludes halogenated alkanes) is 4. The first-order chi connectivity index (χ1) is 10.8. The van der Waals surface area contributed by atoms with Crippen LogP contribution in [0, 0.1) is 0 Å². The van der Waals surface area contributed by atoms with E-state index in [4.69, 9.17) is 5.11 Å². The highest BCUT2D eigenvalue weighted by Crippen LogP contribution is 2.02. The summed E-state index contributed by atoms with van der Waals surface area (Å²) < 4.78 is 0. The zero-order valence-electron chi connectivity index (χ0n) is 14.0. The molecular formula is C20H32O2. The smallest absolute Gasteiger partial charge is 0.303 e. The second-order valence-corrected chi connectivity index (χ2v) is 5.37. The van der Waals surface area contributed by atoms with Crippen LogP contribution in [0.25, 0.3) is 0 Å². The van der Waals surface area contributed by atoms with Crippen molar-refractivity contribution in [2.75, 3.05) is 0 Å². The third-order valence-corrected chi connectivity index (χ3v) is 3.22. The molecule has 0 fully saturated rings. The number of allylic oxidation sites excluding steroid dienone is 8. The Labute approximate surface area is 136 Å². The molecule has 0 aliphatic heterocycles. The summed E-state index contributed by atoms with van der Waals surface area (Å²) in [5.41, 5.74) is 0. The SMILES string of the molecule is CCCCC=CCC=CCC=CCC=CCCCCC(=O)O. The summed E-state index contributed by atoms with van der Waals surface area (Å²) >= 11 is 0. The Balaban J connectivity index is 3.39. The normalized spacial score (nSPS) is 12.4. The lowest BCUT2D eigenvalue weighted by molar-refractivity contribution is -0.137. The molecule has 0 aliphatic rings. The zero-order valence-corrected chi connectivity index (χ0v) is 14.0. The lowest BCUT2D eigenvalue weighted by Crippen LogP contribution is -1.92. The summed E-state index contributed by atoms with van der Waals surface area (Å²) in [6.07, 6.45) is 27.3. The fourth-order valence-corrected chi connectivity index (χ4v) is 1.91. The van der Waals surface area contributed by atoms with Crippen LogP contribution in [0.15, 0.2) is 48.6 Å². The van der Waals surface area contributed by atoms with Crippen molar-refractivity contribution in [2.45, 2.75) is 71.1 Å². The van der Waals surface area contributed by atoms with Crippen molar-refractivity contribution in [2.24, 2.45) is 0 Å². The Bertz CT molecular complexity index is 362. The Hall–Kier alpha value is -1.57. The Morgan fingerprint density at radius 3 is 1.64 bits per heavy atom. The first kappa shape index (κ1) is 20.4. The second kappa shape index (κ2) is 17.5. The molecule has 0 aromatic heterocycles. The van der Waals surface area contributed by atoms with Crippen LogP contribution in [0.3, 0.4) is 0 Å². The standard InChI is InChI=1S/C20H32O2/c1-2-3-4-5-6-7-8-9-10-11-12-13-14-15-16-17-18-19-20(21)22/h5-6,8-9,11-12,14-15H,2-4,7,10,13,16-19H2,1H3,(H,21,22). The highest BCUT2D eigenvalue weighted by Gasteiger charge is 1.93. The molecule has 0 spiro atoms. The van der Waals surface area contributed by atoms with E-state index in [9.17, 15) is 4.79 Å². The van der Waals surface area contributed by atoms with Crippen LogP contribution in [0.4, 0.5) is 0 Å². The van der Waals surface area contributed by atoms with Gasteiger partial charge in [-0.3, -0.25) is 4.79 Å². The number of carboxylic acids is 1. The topological polar surface area (TPSA) is 37.3 Å². The molecule has 2 heteroatoms. The minimum atomic E-state index is -0.698. The molecule has 124 valence electrons. The molecule has 0 saturated heterocycles. The number of carboxylic acid groups (broad SMARTS) is 1. The minimum absolute atomic E-state index is 0.286. The van der Waals surface area contributed by atoms with Crippen molar-refractivity contribution in [1.82, 2.24) is 0 Å². The first-order valence-electron chi connectivity index (χ1n) is 8.59. The van der Waals surface area contributed by atoms with Gasteiger partial charge < -0.3 is 5.11 Å². The van der Waals surface area contributed by atoms with E-state index in [1.54, 1.807) is 0 Å². The van der Waals surface area contributed by atoms with E-state index < -0.39 is 5.97 Å². The number of hydrogen-bond donors (Lipinski definition) is 1. The number of rotatable bonds is 14. The van der Waals surface area contributed by atoms with Crippen LogP contribution in [0.1, 0.15) is 71.1 Å². The molecule has 0 aromatic carbocycles. The fourth-order valence-electron chi connectivity index (χ4n) is 1.91. The van der Waals surface area contributed by atoms with Crippen LogP contribution in [0.5, 0.6) is 0 Å². The Kier molecular flexibility index (Phi) is 16.2. The Morgan fingerprint density at radius 2 is 1.18 bits per heavy atom. The van der Waals surface area contributed by atoms with Gasteiger partial charge in [-0.1, -0.05) is 68.4 Å². The number of hydrogen-bond acceptors (Lipinski definition) is 1. The first-order valence-corrected chi connectivity index (χ1v) is 8.59. The van der Waals surface area contributed by atoms with Gasteiger partial charge in [0.25, 0.3) is 0 Å². The lowest BCUT2D eigenvalue weighted by atomic mass is 10.2. The van der Waals surface area contributed by atoms with Gasteiger partial charge >= 0.3 is 5.97 Å². The van der Waals surface area contributed by atoms with E-state index in [-0.39, 0.29) is 6.42 Å². The molecule has 0 bridgehead atoms. The predicted octanol–water partition coefficient (Wildman–Crippen LogP) is 6.22. The van der Waals surface area contributed by atoms with E-state index in [2.05, 4.69) is 55.5 Å². The van der Waals surface area contributed by atoms with E-state index in [1.807, 2.05) is 0 Å². The molecule has 0 unspecified atom stereocenters. The molecule has 0 aromatic rings. The molecular weight excluding hydrogens is 272 g/mol. The average molecular weight is 304 g/mol. The van der Waals surface area contributed by atoms with E-state index in [0.717, 1.165) is 38.5 Å². The molecule has 1 N–H and O–H groups in total. The third kappa shape index (κ3) is 18.4. The van der Waals surface area contributed by atoms with Crippen LogP contribution in [0.2, 0.25) is 0 Å². The quantitative estimate of drug-likeness (QED) is 0.305. The van der Waals surface area contributed by atoms with Gasteiger partial charge in [-0.15, -0.1) is 0 Å². The van der Waals surface area contributed by atoms with Gasteiger partial charge in [0, 0.05) is 6.42 Å². The van der Waals surface area contributed by atoms with Crippen LogP contribution >= 0.6 is 0 Å². The van der Waals surface area contributed by atoms with E-state index in [0.29, 0.717) is 0 Å². The van der Waals surface area contributed by atoms with Crippen molar-refractivity contribution in [3.05, 3.63) is 48.6 Å². The highest BCUT2D eigenvalue weighted by molar-refractivity contribution is 5.66. The molecule has 0 amide bonds. The average Bonchev–Trinajstić information content (AvgIpc) is 2.50. The van der Waals surface area contributed by atoms with Crippen LogP contribution < -0.4 is 0 Å². The van der Waals surface area contributed by atoms with Crippen molar-refractivity contribution < 1.29 is 9.90 Å². The largest absolute Gasteiger partial charge is 0.481 e. The highest BCUT2D eigenvalue weighted by atomic mass is 16.4. The monoisotopic (exact) mass is 304 g/mol. The van der Waals surface area contributed by atoms with Crippen molar-refractivity contribution in [3.8, 4) is 0 Å². The maximum absolute atomic E-state index is 10.3. The number of carbonyl (C=O) groups is 1. The molecule has 0 radical (unpaired) electrons. The summed E-state index contributed by atoms with van der Waals surface area (Å²) in [7, 11) is 0. The summed E-state index contributed by atoms with van der Waals surface area (Å²) in [6, 6.07) is 0. The van der Waals surface area contributed by atoms with Crippen molar-refractivity contribution >= 4 is 5.97 Å². The van der Waals surface area contributed by atoms with Gasteiger partial charge in [-0.2, -0.15) is 0 Å². The number of aliphatic carboxylic acids is 1. The van der Waals surface area contributed by atoms with Crippen LogP contribution in [-0.2, 0) is 4.79 Å². The lowest BCUT2D eigenvalue weighted by Gasteiger charge is -1.92. The third-order valence-electron chi connectivity index (χ3n) is 3.22. The molecule has 0 heterocycles. The van der Waals surface area contributed by atoms with Crippen molar-refractivity contribution in [3.63, 3.8) is 0 Å². The Morgan fingerprint density at radius 1 is 0.727 bits per heavy atom. The predicted molar refractivity (Wildman–Crippen MR) is 96.0 cm³/mol. The second-order valence-electron chi connectivity index (χ2n) is 5.37. The van der Waals surface area contributed by atoms with Gasteiger partial charge in [0.15, 0.2) is 0 Å². The maximum Gasteiger partial charge on any atom is 0.303 e. The summed E-state index contributed by atoms with van der Waals surface area (Å²) in [4.78, 5) is 10.3. The van der Waals surface area contributed by atoms with Gasteiger partial charge in [0.05, 0.1) is 0 Å². The molecule has 0 saturated carbocycles. The minimum Gasteiger partial charge on any atom is -0.481 e. The molecule has 0 aliphatic carbocycles. The van der Waals surface area contributed by atoms with E-state index >= 15 is 0 Å². The van der Waals surface area contributed by atoms with Crippen LogP contribution in [-0.4, -0.2) is 11.1 Å². The van der Waals surface area contributed by atoms with Gasteiger partial charge in [0.1, 0.15) is 0 Å². The molecule has 0 atom stereocenters. The zero-order chi connectivity index (χ0) is 16.3. The summed E-state index contributed by atoms with van der Waals surface area (Å²) in [5, 5.41) is 8.50.